The van der Waals surface area contributed by atoms with Gasteiger partial charge < -0.3 is 9.47 Å². The number of carbonyl (C=O) groups excluding carboxylic acids is 2. The molecular formula is C19H21ClN2O4. The van der Waals surface area contributed by atoms with Crippen LogP contribution in [0.2, 0.25) is 5.02 Å². The highest BCUT2D eigenvalue weighted by Gasteiger charge is 2.06. The molecule has 0 aliphatic rings. The normalized spacial score (nSPS) is 10.1. The number of aryl methyl sites for hydroxylation is 1. The Hall–Kier alpha value is -2.73. The summed E-state index contributed by atoms with van der Waals surface area (Å²) < 4.78 is 10.8. The first-order valence-electron chi connectivity index (χ1n) is 8.18. The lowest BCUT2D eigenvalue weighted by Crippen LogP contribution is -2.43. The third-order valence-corrected chi connectivity index (χ3v) is 3.61. The van der Waals surface area contributed by atoms with Crippen LogP contribution in [-0.4, -0.2) is 25.0 Å². The first-order valence-corrected chi connectivity index (χ1v) is 8.56. The molecule has 138 valence electrons. The van der Waals surface area contributed by atoms with Crippen LogP contribution >= 0.6 is 11.6 Å². The van der Waals surface area contributed by atoms with Crippen molar-refractivity contribution in [3.63, 3.8) is 0 Å². The van der Waals surface area contributed by atoms with Crippen molar-refractivity contribution >= 4 is 23.4 Å². The van der Waals surface area contributed by atoms with Crippen molar-refractivity contribution in [2.75, 3.05) is 13.2 Å². The van der Waals surface area contributed by atoms with Gasteiger partial charge in [0.1, 0.15) is 11.5 Å². The molecule has 0 radical (unpaired) electrons. The van der Waals surface area contributed by atoms with Crippen molar-refractivity contribution in [3.8, 4) is 11.5 Å². The van der Waals surface area contributed by atoms with Gasteiger partial charge in [-0.25, -0.2) is 0 Å². The van der Waals surface area contributed by atoms with Crippen LogP contribution in [0.25, 0.3) is 0 Å². The van der Waals surface area contributed by atoms with Crippen molar-refractivity contribution < 1.29 is 19.1 Å². The lowest BCUT2D eigenvalue weighted by atomic mass is 10.2. The zero-order chi connectivity index (χ0) is 18.8. The monoisotopic (exact) mass is 376 g/mol. The number of hydrogen-bond acceptors (Lipinski definition) is 4. The van der Waals surface area contributed by atoms with E-state index in [-0.39, 0.29) is 18.9 Å². The van der Waals surface area contributed by atoms with Gasteiger partial charge in [-0.1, -0.05) is 29.3 Å². The first kappa shape index (κ1) is 19.6. The third-order valence-electron chi connectivity index (χ3n) is 3.36. The lowest BCUT2D eigenvalue weighted by Gasteiger charge is -2.09. The van der Waals surface area contributed by atoms with E-state index in [4.69, 9.17) is 21.1 Å². The van der Waals surface area contributed by atoms with E-state index in [1.807, 2.05) is 19.1 Å². The molecule has 0 aliphatic carbocycles. The summed E-state index contributed by atoms with van der Waals surface area (Å²) in [6, 6.07) is 14.3. The van der Waals surface area contributed by atoms with E-state index in [1.165, 1.54) is 0 Å². The molecule has 2 N–H and O–H groups in total. The van der Waals surface area contributed by atoms with Crippen LogP contribution < -0.4 is 20.3 Å². The number of halogens is 1. The third kappa shape index (κ3) is 7.44. The Morgan fingerprint density at radius 3 is 2.15 bits per heavy atom. The second kappa shape index (κ2) is 10.3. The van der Waals surface area contributed by atoms with Crippen LogP contribution in [0.15, 0.2) is 48.5 Å². The molecule has 2 rings (SSSR count). The molecule has 0 aliphatic heterocycles. The highest BCUT2D eigenvalue weighted by molar-refractivity contribution is 6.30. The SMILES string of the molecule is Cc1ccc(OCC(=O)NNC(=O)CCCOc2ccc(Cl)cc2)cc1. The second-order valence-corrected chi connectivity index (χ2v) is 6.04. The van der Waals surface area contributed by atoms with Gasteiger partial charge in [-0.05, 0) is 49.7 Å². The smallest absolute Gasteiger partial charge is 0.276 e. The number of amides is 2. The van der Waals surface area contributed by atoms with E-state index < -0.39 is 5.91 Å². The predicted octanol–water partition coefficient (Wildman–Crippen LogP) is 3.03. The highest BCUT2D eigenvalue weighted by Crippen LogP contribution is 2.15. The average molecular weight is 377 g/mol. The minimum atomic E-state index is -0.434. The van der Waals surface area contributed by atoms with Crippen LogP contribution in [0.4, 0.5) is 0 Å². The van der Waals surface area contributed by atoms with Crippen LogP contribution in [0.1, 0.15) is 18.4 Å². The molecule has 0 spiro atoms. The summed E-state index contributed by atoms with van der Waals surface area (Å²) in [5.74, 6) is 0.553. The summed E-state index contributed by atoms with van der Waals surface area (Å²) >= 11 is 5.79. The van der Waals surface area contributed by atoms with Gasteiger partial charge >= 0.3 is 0 Å². The minimum absolute atomic E-state index is 0.178. The zero-order valence-corrected chi connectivity index (χ0v) is 15.2. The average Bonchev–Trinajstić information content (AvgIpc) is 2.64. The van der Waals surface area contributed by atoms with Gasteiger partial charge in [0.25, 0.3) is 5.91 Å². The minimum Gasteiger partial charge on any atom is -0.494 e. The Morgan fingerprint density at radius 2 is 1.46 bits per heavy atom. The van der Waals surface area contributed by atoms with Crippen molar-refractivity contribution in [3.05, 3.63) is 59.1 Å². The molecule has 0 unspecified atom stereocenters. The Labute approximate surface area is 157 Å². The van der Waals surface area contributed by atoms with Gasteiger partial charge in [-0.2, -0.15) is 0 Å². The maximum Gasteiger partial charge on any atom is 0.276 e. The summed E-state index contributed by atoms with van der Waals surface area (Å²) in [5, 5.41) is 0.638. The molecule has 0 aromatic heterocycles. The van der Waals surface area contributed by atoms with E-state index in [1.54, 1.807) is 36.4 Å². The Morgan fingerprint density at radius 1 is 0.885 bits per heavy atom. The number of hydrazine groups is 1. The molecule has 0 saturated carbocycles. The molecule has 7 heteroatoms. The molecule has 6 nitrogen and oxygen atoms in total. The van der Waals surface area contributed by atoms with Gasteiger partial charge in [-0.3, -0.25) is 20.4 Å². The summed E-state index contributed by atoms with van der Waals surface area (Å²) in [5.41, 5.74) is 5.76. The van der Waals surface area contributed by atoms with Crippen LogP contribution in [0, 0.1) is 6.92 Å². The van der Waals surface area contributed by atoms with Crippen LogP contribution in [-0.2, 0) is 9.59 Å². The molecule has 2 aromatic carbocycles. The topological polar surface area (TPSA) is 76.7 Å². The van der Waals surface area contributed by atoms with Crippen molar-refractivity contribution in [2.24, 2.45) is 0 Å². The van der Waals surface area contributed by atoms with E-state index >= 15 is 0 Å². The molecule has 2 aromatic rings. The number of hydrogen-bond donors (Lipinski definition) is 2. The molecule has 0 bridgehead atoms. The van der Waals surface area contributed by atoms with Crippen LogP contribution in [0.5, 0.6) is 11.5 Å². The number of benzene rings is 2. The van der Waals surface area contributed by atoms with Gasteiger partial charge in [-0.15, -0.1) is 0 Å². The second-order valence-electron chi connectivity index (χ2n) is 5.60. The number of carbonyl (C=O) groups is 2. The number of rotatable bonds is 8. The maximum atomic E-state index is 11.7. The summed E-state index contributed by atoms with van der Waals surface area (Å²) in [6.45, 7) is 2.18. The zero-order valence-electron chi connectivity index (χ0n) is 14.5. The van der Waals surface area contributed by atoms with Gasteiger partial charge in [0.2, 0.25) is 5.91 Å². The van der Waals surface area contributed by atoms with Crippen molar-refractivity contribution in [2.45, 2.75) is 19.8 Å². The molecular weight excluding hydrogens is 356 g/mol. The van der Waals surface area contributed by atoms with Crippen LogP contribution in [0.3, 0.4) is 0 Å². The Bertz CT molecular complexity index is 717. The van der Waals surface area contributed by atoms with E-state index in [9.17, 15) is 9.59 Å². The fraction of sp³-hybridized carbons (Fsp3) is 0.263. The predicted molar refractivity (Wildman–Crippen MR) is 99.1 cm³/mol. The molecule has 0 atom stereocenters. The fourth-order valence-electron chi connectivity index (χ4n) is 1.97. The quantitative estimate of drug-likeness (QED) is 0.548. The number of nitrogens with one attached hydrogen (secondary N) is 2. The fourth-order valence-corrected chi connectivity index (χ4v) is 2.10. The maximum absolute atomic E-state index is 11.7. The Kier molecular flexibility index (Phi) is 7.76. The van der Waals surface area contributed by atoms with Gasteiger partial charge in [0, 0.05) is 11.4 Å². The number of ether oxygens (including phenoxy) is 2. The summed E-state index contributed by atoms with van der Waals surface area (Å²) in [4.78, 5) is 23.3. The van der Waals surface area contributed by atoms with E-state index in [0.29, 0.717) is 29.5 Å². The Balaban J connectivity index is 1.55. The molecule has 0 fully saturated rings. The largest absolute Gasteiger partial charge is 0.494 e. The molecule has 0 saturated heterocycles. The molecule has 2 amide bonds. The van der Waals surface area contributed by atoms with Gasteiger partial charge in [0.15, 0.2) is 6.61 Å². The summed E-state index contributed by atoms with van der Waals surface area (Å²) in [7, 11) is 0. The summed E-state index contributed by atoms with van der Waals surface area (Å²) in [6.07, 6.45) is 0.747. The van der Waals surface area contributed by atoms with Gasteiger partial charge in [0.05, 0.1) is 6.61 Å². The molecule has 26 heavy (non-hydrogen) atoms. The van der Waals surface area contributed by atoms with E-state index in [2.05, 4.69) is 10.9 Å². The van der Waals surface area contributed by atoms with Crippen molar-refractivity contribution in [1.82, 2.24) is 10.9 Å². The molecule has 0 heterocycles. The highest BCUT2D eigenvalue weighted by atomic mass is 35.5. The standard InChI is InChI=1S/C19H21ClN2O4/c1-14-4-8-17(9-5-14)26-13-19(24)22-21-18(23)3-2-12-25-16-10-6-15(20)7-11-16/h4-11H,2-3,12-13H2,1H3,(H,21,23)(H,22,24). The lowest BCUT2D eigenvalue weighted by molar-refractivity contribution is -0.130. The van der Waals surface area contributed by atoms with Crippen molar-refractivity contribution in [1.29, 1.82) is 0 Å². The van der Waals surface area contributed by atoms with E-state index in [0.717, 1.165) is 5.56 Å². The first-order chi connectivity index (χ1) is 12.5.